The van der Waals surface area contributed by atoms with E-state index in [2.05, 4.69) is 35.9 Å². The van der Waals surface area contributed by atoms with Crippen LogP contribution in [-0.2, 0) is 49.7 Å². The highest BCUT2D eigenvalue weighted by Gasteiger charge is 2.29. The SMILES string of the molecule is COc1ccc(CC(=O)[C@H](CCCN=C(N)N)NC(=O)c2cc(CC(=O)[C@H](CCCN=C(N)N)NC(=O)c3cc(CC(=O)[C@H](CCCN=C(N)N)NC(=O)c4cc(CC(=O)[C@@H](N)CCCN=C(N)N)ccc4OC)ccc3OC)ccc2OCC(=O)O)cc1C(N)=O. The van der Waals surface area contributed by atoms with Crippen molar-refractivity contribution in [1.82, 2.24) is 16.0 Å². The summed E-state index contributed by atoms with van der Waals surface area (Å²) in [5.41, 5.74) is 56.8. The molecule has 0 saturated carbocycles. The van der Waals surface area contributed by atoms with Gasteiger partial charge in [0.15, 0.2) is 53.6 Å². The van der Waals surface area contributed by atoms with Crippen LogP contribution in [0.3, 0.4) is 0 Å². The van der Waals surface area contributed by atoms with Crippen molar-refractivity contribution >= 4 is 76.6 Å². The van der Waals surface area contributed by atoms with Crippen molar-refractivity contribution in [2.24, 2.45) is 77.3 Å². The fourth-order valence-corrected chi connectivity index (χ4v) is 9.42. The maximum Gasteiger partial charge on any atom is 0.341 e. The van der Waals surface area contributed by atoms with Gasteiger partial charge in [-0.15, -0.1) is 0 Å². The summed E-state index contributed by atoms with van der Waals surface area (Å²) < 4.78 is 21.8. The third kappa shape index (κ3) is 24.6. The summed E-state index contributed by atoms with van der Waals surface area (Å²) in [7, 11) is 4.01. The Kier molecular flexibility index (Phi) is 29.8. The second-order valence-electron chi connectivity index (χ2n) is 21.0. The third-order valence-corrected chi connectivity index (χ3v) is 14.0. The van der Waals surface area contributed by atoms with Crippen LogP contribution in [0, 0.1) is 0 Å². The number of amides is 4. The van der Waals surface area contributed by atoms with Crippen LogP contribution in [0.5, 0.6) is 23.0 Å². The molecule has 4 aromatic carbocycles. The number of Topliss-reactive ketones (excluding diaryl/α,β-unsaturated/α-hetero) is 4. The van der Waals surface area contributed by atoms with Gasteiger partial charge in [-0.2, -0.15) is 0 Å². The molecule has 4 rings (SSSR count). The van der Waals surface area contributed by atoms with Crippen molar-refractivity contribution < 1.29 is 67.2 Å². The minimum Gasteiger partial charge on any atom is -0.496 e. The van der Waals surface area contributed by atoms with Gasteiger partial charge in [0.2, 0.25) is 0 Å². The molecule has 24 N–H and O–H groups in total. The van der Waals surface area contributed by atoms with Crippen LogP contribution in [0.1, 0.15) is 115 Å². The molecule has 0 aromatic heterocycles. The molecule has 31 nitrogen and oxygen atoms in total. The number of primary amides is 1. The molecule has 31 heteroatoms. The molecule has 0 aliphatic rings. The van der Waals surface area contributed by atoms with E-state index < -0.39 is 84.1 Å². The summed E-state index contributed by atoms with van der Waals surface area (Å²) in [5, 5.41) is 17.8. The van der Waals surface area contributed by atoms with Gasteiger partial charge in [0.05, 0.1) is 67.8 Å². The number of nitrogens with zero attached hydrogens (tertiary/aromatic N) is 4. The number of carboxylic acid groups (broad SMARTS) is 1. The van der Waals surface area contributed by atoms with Crippen LogP contribution >= 0.6 is 0 Å². The number of ether oxygens (including phenoxy) is 4. The summed E-state index contributed by atoms with van der Waals surface area (Å²) >= 11 is 0. The van der Waals surface area contributed by atoms with E-state index in [1.54, 1.807) is 18.2 Å². The van der Waals surface area contributed by atoms with Crippen LogP contribution in [0.15, 0.2) is 92.8 Å². The molecule has 0 saturated heterocycles. The molecule has 0 fully saturated rings. The molecule has 0 radical (unpaired) electrons. The molecule has 4 aromatic rings. The Hall–Kier alpha value is -10.9. The quantitative estimate of drug-likeness (QED) is 0.0139. The molecule has 4 amide bonds. The first kappa shape index (κ1) is 73.6. The van der Waals surface area contributed by atoms with Gasteiger partial charge in [0.1, 0.15) is 23.0 Å². The van der Waals surface area contributed by atoms with Crippen molar-refractivity contribution in [3.05, 3.63) is 117 Å². The first-order valence-corrected chi connectivity index (χ1v) is 29.0. The first-order valence-electron chi connectivity index (χ1n) is 29.0. The van der Waals surface area contributed by atoms with E-state index in [0.29, 0.717) is 29.5 Å². The maximum absolute atomic E-state index is 14.5. The smallest absolute Gasteiger partial charge is 0.341 e. The number of guanidine groups is 4. The van der Waals surface area contributed by atoms with E-state index in [0.717, 1.165) is 0 Å². The number of hydrogen-bond acceptors (Lipinski definition) is 18. The van der Waals surface area contributed by atoms with Gasteiger partial charge in [0.25, 0.3) is 23.6 Å². The molecule has 496 valence electrons. The van der Waals surface area contributed by atoms with Gasteiger partial charge in [-0.3, -0.25) is 58.3 Å². The number of hydrogen-bond donors (Lipinski definition) is 14. The Bertz CT molecular complexity index is 3410. The summed E-state index contributed by atoms with van der Waals surface area (Å²) in [5.74, 6) is -6.98. The fraction of sp³-hybridized carbons (Fsp3) is 0.393. The Morgan fingerprint density at radius 3 is 1.00 bits per heavy atom. The number of carbonyl (C=O) groups is 9. The standard InChI is InChI=1S/C61H83N17O14/c1-89-49-16-12-33(24-37(49)54(63)85)29-46(80)44(11-7-23-75-61(70)71)78-57(88)40-27-36(15-19-52(40)92-32-53(83)84)31-48(82)43(10-6-22-74-60(68)69)77-56(87)39-26-35(14-18-51(39)91-3)30-47(81)42(9-5-21-73-59(66)67)76-55(86)38-25-34(13-17-50(38)90-2)28-45(79)41(62)8-4-20-72-58(64)65/h12-19,24-27,41-44H,4-11,20-23,28-32,62H2,1-3H3,(H2,63,85)(H,76,86)(H,77,87)(H,78,88)(H,83,84)(H4,64,65,72)(H4,66,67,73)(H4,68,69,74)(H4,70,71,75)/t41-,42-,43-,44-/m0/s1. The van der Waals surface area contributed by atoms with Crippen LogP contribution < -0.4 is 92.2 Å². The number of rotatable bonds is 41. The van der Waals surface area contributed by atoms with E-state index >= 15 is 0 Å². The first-order chi connectivity index (χ1) is 43.7. The minimum absolute atomic E-state index is 0.0103. The summed E-state index contributed by atoms with van der Waals surface area (Å²) in [4.78, 5) is 139. The van der Waals surface area contributed by atoms with Crippen molar-refractivity contribution in [1.29, 1.82) is 0 Å². The number of ketones is 4. The number of carbonyl (C=O) groups excluding carboxylic acids is 8. The minimum atomic E-state index is -1.38. The highest BCUT2D eigenvalue weighted by Crippen LogP contribution is 2.27. The Morgan fingerprint density at radius 1 is 0.413 bits per heavy atom. The zero-order valence-electron chi connectivity index (χ0n) is 51.6. The molecular formula is C61H83N17O14. The highest BCUT2D eigenvalue weighted by molar-refractivity contribution is 6.04. The number of aliphatic carboxylic acids is 1. The van der Waals surface area contributed by atoms with Gasteiger partial charge in [0, 0.05) is 51.9 Å². The normalized spacial score (nSPS) is 12.0. The van der Waals surface area contributed by atoms with Gasteiger partial charge in [-0.1, -0.05) is 24.3 Å². The van der Waals surface area contributed by atoms with Crippen molar-refractivity contribution in [3.8, 4) is 23.0 Å². The number of benzene rings is 4. The van der Waals surface area contributed by atoms with Crippen molar-refractivity contribution in [2.75, 3.05) is 54.1 Å². The molecule has 92 heavy (non-hydrogen) atoms. The lowest BCUT2D eigenvalue weighted by molar-refractivity contribution is -0.139. The van der Waals surface area contributed by atoms with E-state index in [9.17, 15) is 48.3 Å². The number of carboxylic acids is 1. The summed E-state index contributed by atoms with van der Waals surface area (Å²) in [6, 6.07) is 12.9. The van der Waals surface area contributed by atoms with Crippen molar-refractivity contribution in [3.63, 3.8) is 0 Å². The lowest BCUT2D eigenvalue weighted by Gasteiger charge is -2.21. The van der Waals surface area contributed by atoms with E-state index in [1.165, 1.54) is 75.9 Å². The molecule has 0 spiro atoms. The molecule has 0 aliphatic carbocycles. The van der Waals surface area contributed by atoms with E-state index in [-0.39, 0.29) is 164 Å². The Labute approximate surface area is 530 Å². The van der Waals surface area contributed by atoms with Crippen molar-refractivity contribution in [2.45, 2.75) is 101 Å². The maximum atomic E-state index is 14.5. The summed E-state index contributed by atoms with van der Waals surface area (Å²) in [6.07, 6.45) is 0.272. The van der Waals surface area contributed by atoms with Crippen LogP contribution in [0.25, 0.3) is 0 Å². The largest absolute Gasteiger partial charge is 0.496 e. The second-order valence-corrected chi connectivity index (χ2v) is 21.0. The fourth-order valence-electron chi connectivity index (χ4n) is 9.42. The summed E-state index contributed by atoms with van der Waals surface area (Å²) in [6.45, 7) is -0.343. The zero-order chi connectivity index (χ0) is 68.0. The second kappa shape index (κ2) is 37.2. The van der Waals surface area contributed by atoms with E-state index in [4.69, 9.17) is 76.3 Å². The van der Waals surface area contributed by atoms with Gasteiger partial charge >= 0.3 is 5.97 Å². The Balaban J connectivity index is 1.64. The molecule has 0 unspecified atom stereocenters. The lowest BCUT2D eigenvalue weighted by atomic mass is 9.96. The lowest BCUT2D eigenvalue weighted by Crippen LogP contribution is -2.42. The zero-order valence-corrected chi connectivity index (χ0v) is 51.6. The van der Waals surface area contributed by atoms with E-state index in [1.807, 2.05) is 0 Å². The third-order valence-electron chi connectivity index (χ3n) is 14.0. The number of aliphatic imine (C=N–C) groups is 4. The number of methoxy groups -OCH3 is 3. The molecular weight excluding hydrogens is 1190 g/mol. The monoisotopic (exact) mass is 1280 g/mol. The highest BCUT2D eigenvalue weighted by atomic mass is 16.5. The van der Waals surface area contributed by atoms with Gasteiger partial charge < -0.3 is 97.3 Å². The van der Waals surface area contributed by atoms with Gasteiger partial charge in [-0.05, 0) is 122 Å². The number of nitrogens with one attached hydrogen (secondary N) is 3. The average Bonchev–Trinajstić information content (AvgIpc) is 1.01. The topological polar surface area (TPSA) is 557 Å². The molecule has 0 aliphatic heterocycles. The molecule has 4 atom stereocenters. The van der Waals surface area contributed by atoms with Crippen LogP contribution in [-0.4, -0.2) is 160 Å². The molecule has 0 bridgehead atoms. The van der Waals surface area contributed by atoms with Crippen LogP contribution in [0.2, 0.25) is 0 Å². The number of nitrogens with two attached hydrogens (primary N) is 10. The molecule has 0 heterocycles. The predicted molar refractivity (Wildman–Crippen MR) is 343 cm³/mol. The average molecular weight is 1280 g/mol. The predicted octanol–water partition coefficient (Wildman–Crippen LogP) is -1.34. The van der Waals surface area contributed by atoms with Crippen LogP contribution in [0.4, 0.5) is 0 Å². The van der Waals surface area contributed by atoms with Gasteiger partial charge in [-0.25, -0.2) is 4.79 Å². The Morgan fingerprint density at radius 2 is 0.696 bits per heavy atom.